The standard InChI is InChI=1S/C18H14Cl2N8O2/c19-11-1-2-12(13(20)7-11)16-10(8-21)9-25-18(27-16)24-6-5-23-15-4-3-14(28(29)30)17(22)26-15/h1-4,7,9H,5-6H2,(H3,22,23,26)(H,24,25,27). The number of aromatic nitrogens is 3. The van der Waals surface area contributed by atoms with Gasteiger partial charge in [-0.25, -0.2) is 15.0 Å². The molecule has 0 radical (unpaired) electrons. The molecule has 1 aromatic carbocycles. The van der Waals surface area contributed by atoms with Gasteiger partial charge in [0.25, 0.3) is 0 Å². The number of benzene rings is 1. The van der Waals surface area contributed by atoms with Crippen LogP contribution in [0.25, 0.3) is 11.3 Å². The second-order valence-electron chi connectivity index (χ2n) is 5.90. The zero-order chi connectivity index (χ0) is 21.7. The Morgan fingerprint density at radius 2 is 1.93 bits per heavy atom. The van der Waals surface area contributed by atoms with Crippen molar-refractivity contribution in [1.82, 2.24) is 15.0 Å². The van der Waals surface area contributed by atoms with E-state index in [0.29, 0.717) is 46.2 Å². The fourth-order valence-electron chi connectivity index (χ4n) is 2.52. The van der Waals surface area contributed by atoms with Crippen molar-refractivity contribution in [2.75, 3.05) is 29.5 Å². The Balaban J connectivity index is 1.67. The third-order valence-electron chi connectivity index (χ3n) is 3.91. The average Bonchev–Trinajstić information content (AvgIpc) is 2.71. The molecule has 0 unspecified atom stereocenters. The fraction of sp³-hybridized carbons (Fsp3) is 0.111. The van der Waals surface area contributed by atoms with E-state index in [1.165, 1.54) is 18.3 Å². The quantitative estimate of drug-likeness (QED) is 0.280. The molecule has 0 amide bonds. The summed E-state index contributed by atoms with van der Waals surface area (Å²) in [5.74, 6) is 0.528. The number of hydrogen-bond donors (Lipinski definition) is 3. The number of nitrogen functional groups attached to an aromatic ring is 1. The molecule has 0 spiro atoms. The third-order valence-corrected chi connectivity index (χ3v) is 4.46. The van der Waals surface area contributed by atoms with E-state index in [-0.39, 0.29) is 17.1 Å². The predicted octanol–water partition coefficient (Wildman–Crippen LogP) is 3.73. The molecule has 0 saturated heterocycles. The molecule has 2 heterocycles. The van der Waals surface area contributed by atoms with Gasteiger partial charge < -0.3 is 16.4 Å². The number of nitrogens with one attached hydrogen (secondary N) is 2. The first kappa shape index (κ1) is 21.0. The van der Waals surface area contributed by atoms with E-state index >= 15 is 0 Å². The Labute approximate surface area is 180 Å². The van der Waals surface area contributed by atoms with Crippen LogP contribution in [0.1, 0.15) is 5.56 Å². The van der Waals surface area contributed by atoms with Crippen molar-refractivity contribution in [3.05, 3.63) is 62.3 Å². The minimum atomic E-state index is -0.597. The van der Waals surface area contributed by atoms with E-state index in [4.69, 9.17) is 28.9 Å². The largest absolute Gasteiger partial charge is 0.378 e. The summed E-state index contributed by atoms with van der Waals surface area (Å²) >= 11 is 12.2. The van der Waals surface area contributed by atoms with Gasteiger partial charge in [0.2, 0.25) is 11.8 Å². The summed E-state index contributed by atoms with van der Waals surface area (Å²) in [7, 11) is 0. The Hall–Kier alpha value is -3.68. The van der Waals surface area contributed by atoms with Crippen molar-refractivity contribution < 1.29 is 4.92 Å². The van der Waals surface area contributed by atoms with Crippen LogP contribution in [0.3, 0.4) is 0 Å². The maximum Gasteiger partial charge on any atom is 0.311 e. The van der Waals surface area contributed by atoms with E-state index in [2.05, 4.69) is 25.6 Å². The normalized spacial score (nSPS) is 10.3. The van der Waals surface area contributed by atoms with Crippen LogP contribution in [0.2, 0.25) is 10.0 Å². The molecule has 3 aromatic rings. The van der Waals surface area contributed by atoms with Crippen LogP contribution in [-0.2, 0) is 0 Å². The van der Waals surface area contributed by atoms with Gasteiger partial charge in [0, 0.05) is 29.7 Å². The molecule has 0 aliphatic heterocycles. The Kier molecular flexibility index (Phi) is 6.46. The van der Waals surface area contributed by atoms with Gasteiger partial charge in [0.1, 0.15) is 11.9 Å². The molecule has 0 aliphatic carbocycles. The van der Waals surface area contributed by atoms with Crippen LogP contribution in [0, 0.1) is 21.4 Å². The Morgan fingerprint density at radius 1 is 1.17 bits per heavy atom. The first-order valence-electron chi connectivity index (χ1n) is 8.50. The summed E-state index contributed by atoms with van der Waals surface area (Å²) in [6.45, 7) is 0.808. The van der Waals surface area contributed by atoms with E-state index < -0.39 is 4.92 Å². The third kappa shape index (κ3) is 4.83. The van der Waals surface area contributed by atoms with E-state index in [1.54, 1.807) is 18.2 Å². The lowest BCUT2D eigenvalue weighted by molar-refractivity contribution is -0.384. The number of nitriles is 1. The molecule has 0 bridgehead atoms. The van der Waals surface area contributed by atoms with Crippen LogP contribution in [0.4, 0.5) is 23.3 Å². The molecule has 12 heteroatoms. The highest BCUT2D eigenvalue weighted by Crippen LogP contribution is 2.31. The molecule has 2 aromatic heterocycles. The highest BCUT2D eigenvalue weighted by molar-refractivity contribution is 6.36. The minimum absolute atomic E-state index is 0.169. The van der Waals surface area contributed by atoms with Gasteiger partial charge in [0.15, 0.2) is 0 Å². The molecule has 3 rings (SSSR count). The molecule has 0 aliphatic rings. The highest BCUT2D eigenvalue weighted by atomic mass is 35.5. The molecule has 152 valence electrons. The molecule has 30 heavy (non-hydrogen) atoms. The Morgan fingerprint density at radius 3 is 2.60 bits per heavy atom. The molecular weight excluding hydrogens is 431 g/mol. The average molecular weight is 445 g/mol. The van der Waals surface area contributed by atoms with Gasteiger partial charge in [-0.05, 0) is 24.3 Å². The zero-order valence-corrected chi connectivity index (χ0v) is 16.8. The van der Waals surface area contributed by atoms with Crippen LogP contribution in [0.15, 0.2) is 36.5 Å². The summed E-state index contributed by atoms with van der Waals surface area (Å²) < 4.78 is 0. The molecule has 10 nitrogen and oxygen atoms in total. The minimum Gasteiger partial charge on any atom is -0.378 e. The monoisotopic (exact) mass is 444 g/mol. The van der Waals surface area contributed by atoms with Crippen molar-refractivity contribution in [1.29, 1.82) is 5.26 Å². The summed E-state index contributed by atoms with van der Waals surface area (Å²) in [5.41, 5.74) is 6.53. The van der Waals surface area contributed by atoms with Gasteiger partial charge in [-0.3, -0.25) is 10.1 Å². The lowest BCUT2D eigenvalue weighted by Gasteiger charge is -2.10. The first-order valence-corrected chi connectivity index (χ1v) is 9.26. The summed E-state index contributed by atoms with van der Waals surface area (Å²) in [4.78, 5) is 22.6. The summed E-state index contributed by atoms with van der Waals surface area (Å²) in [6.07, 6.45) is 1.40. The summed E-state index contributed by atoms with van der Waals surface area (Å²) in [5, 5.41) is 27.0. The van der Waals surface area contributed by atoms with E-state index in [0.717, 1.165) is 0 Å². The van der Waals surface area contributed by atoms with Gasteiger partial charge in [0.05, 0.1) is 27.4 Å². The van der Waals surface area contributed by atoms with Crippen LogP contribution in [-0.4, -0.2) is 33.0 Å². The number of nitrogens with two attached hydrogens (primary N) is 1. The second-order valence-corrected chi connectivity index (χ2v) is 6.75. The zero-order valence-electron chi connectivity index (χ0n) is 15.3. The number of pyridine rings is 1. The van der Waals surface area contributed by atoms with Gasteiger partial charge in [-0.1, -0.05) is 23.2 Å². The number of hydrogen-bond acceptors (Lipinski definition) is 9. The maximum absolute atomic E-state index is 10.8. The van der Waals surface area contributed by atoms with Crippen molar-refractivity contribution in [2.24, 2.45) is 0 Å². The van der Waals surface area contributed by atoms with Crippen molar-refractivity contribution >= 4 is 46.5 Å². The smallest absolute Gasteiger partial charge is 0.311 e. The van der Waals surface area contributed by atoms with Gasteiger partial charge in [-0.15, -0.1) is 0 Å². The van der Waals surface area contributed by atoms with Gasteiger partial charge >= 0.3 is 5.69 Å². The maximum atomic E-state index is 10.8. The van der Waals surface area contributed by atoms with Gasteiger partial charge in [-0.2, -0.15) is 5.26 Å². The van der Waals surface area contributed by atoms with Crippen LogP contribution in [0.5, 0.6) is 0 Å². The SMILES string of the molecule is N#Cc1cnc(NCCNc2ccc([N+](=O)[O-])c(N)n2)nc1-c1ccc(Cl)cc1Cl. The van der Waals surface area contributed by atoms with E-state index in [1.807, 2.05) is 6.07 Å². The van der Waals surface area contributed by atoms with E-state index in [9.17, 15) is 15.4 Å². The molecular formula is C18H14Cl2N8O2. The number of nitrogens with zero attached hydrogens (tertiary/aromatic N) is 5. The number of halogens is 2. The topological polar surface area (TPSA) is 156 Å². The van der Waals surface area contributed by atoms with Crippen molar-refractivity contribution in [2.45, 2.75) is 0 Å². The molecule has 0 saturated carbocycles. The lowest BCUT2D eigenvalue weighted by atomic mass is 10.1. The number of anilines is 3. The first-order chi connectivity index (χ1) is 14.4. The van der Waals surface area contributed by atoms with Crippen molar-refractivity contribution in [3.8, 4) is 17.3 Å². The molecule has 0 atom stereocenters. The fourth-order valence-corrected chi connectivity index (χ4v) is 3.02. The highest BCUT2D eigenvalue weighted by Gasteiger charge is 2.14. The Bertz CT molecular complexity index is 1150. The number of rotatable bonds is 7. The van der Waals surface area contributed by atoms with Crippen LogP contribution >= 0.6 is 23.2 Å². The molecule has 0 fully saturated rings. The summed E-state index contributed by atoms with van der Waals surface area (Å²) in [6, 6.07) is 9.71. The molecule has 4 N–H and O–H groups in total. The van der Waals surface area contributed by atoms with Crippen LogP contribution < -0.4 is 16.4 Å². The predicted molar refractivity (Wildman–Crippen MR) is 114 cm³/mol. The lowest BCUT2D eigenvalue weighted by Crippen LogP contribution is -2.16. The number of nitro groups is 1. The second kappa shape index (κ2) is 9.21. The van der Waals surface area contributed by atoms with Crippen molar-refractivity contribution in [3.63, 3.8) is 0 Å².